The normalized spacial score (nSPS) is 25.2. The fraction of sp³-hybridized carbons (Fsp3) is 0.692. The van der Waals surface area contributed by atoms with Crippen LogP contribution in [0.1, 0.15) is 36.3 Å². The molecular formula is C13H21NO2. The van der Waals surface area contributed by atoms with Gasteiger partial charge in [0.1, 0.15) is 11.5 Å². The van der Waals surface area contributed by atoms with Gasteiger partial charge >= 0.3 is 0 Å². The van der Waals surface area contributed by atoms with E-state index in [0.717, 1.165) is 24.5 Å². The van der Waals surface area contributed by atoms with Crippen LogP contribution in [-0.2, 0) is 6.54 Å². The van der Waals surface area contributed by atoms with Crippen molar-refractivity contribution in [3.8, 4) is 0 Å². The molecule has 0 aliphatic heterocycles. The topological polar surface area (TPSA) is 45.4 Å². The Kier molecular flexibility index (Phi) is 3.66. The Morgan fingerprint density at radius 3 is 2.88 bits per heavy atom. The zero-order valence-electron chi connectivity index (χ0n) is 10.1. The van der Waals surface area contributed by atoms with Crippen molar-refractivity contribution in [3.05, 3.63) is 23.2 Å². The quantitative estimate of drug-likeness (QED) is 0.822. The number of aliphatic hydroxyl groups is 1. The second-order valence-electron chi connectivity index (χ2n) is 4.80. The highest BCUT2D eigenvalue weighted by molar-refractivity contribution is 5.19. The summed E-state index contributed by atoms with van der Waals surface area (Å²) < 4.78 is 5.49. The Hall–Kier alpha value is -0.800. The number of rotatable bonds is 4. The van der Waals surface area contributed by atoms with Crippen LogP contribution in [-0.4, -0.2) is 17.8 Å². The third-order valence-corrected chi connectivity index (χ3v) is 3.59. The zero-order chi connectivity index (χ0) is 11.5. The molecule has 1 aliphatic carbocycles. The average molecular weight is 223 g/mol. The number of hydrogen-bond donors (Lipinski definition) is 2. The van der Waals surface area contributed by atoms with Gasteiger partial charge in [-0.1, -0.05) is 6.42 Å². The fourth-order valence-corrected chi connectivity index (χ4v) is 2.62. The molecule has 2 unspecified atom stereocenters. The van der Waals surface area contributed by atoms with Crippen LogP contribution in [0.25, 0.3) is 0 Å². The van der Waals surface area contributed by atoms with E-state index in [-0.39, 0.29) is 0 Å². The van der Waals surface area contributed by atoms with Gasteiger partial charge in [0.25, 0.3) is 0 Å². The largest absolute Gasteiger partial charge is 0.466 e. The highest BCUT2D eigenvalue weighted by atomic mass is 16.3. The van der Waals surface area contributed by atoms with Crippen molar-refractivity contribution in [2.24, 2.45) is 5.92 Å². The molecule has 0 spiro atoms. The third kappa shape index (κ3) is 2.47. The first-order valence-electron chi connectivity index (χ1n) is 6.11. The van der Waals surface area contributed by atoms with Crippen LogP contribution >= 0.6 is 0 Å². The van der Waals surface area contributed by atoms with Crippen molar-refractivity contribution in [2.45, 2.75) is 45.7 Å². The summed E-state index contributed by atoms with van der Waals surface area (Å²) in [5.41, 5.74) is 1.24. The van der Waals surface area contributed by atoms with E-state index in [4.69, 9.17) is 4.42 Å². The van der Waals surface area contributed by atoms with Gasteiger partial charge in [-0.3, -0.25) is 0 Å². The molecule has 1 aromatic heterocycles. The molecule has 90 valence electrons. The minimum Gasteiger partial charge on any atom is -0.466 e. The maximum atomic E-state index is 9.23. The Bertz CT molecular complexity index is 346. The second-order valence-corrected chi connectivity index (χ2v) is 4.80. The predicted molar refractivity (Wildman–Crippen MR) is 63.2 cm³/mol. The van der Waals surface area contributed by atoms with E-state index in [2.05, 4.69) is 11.4 Å². The zero-order valence-corrected chi connectivity index (χ0v) is 10.1. The molecule has 0 saturated heterocycles. The van der Waals surface area contributed by atoms with Crippen LogP contribution in [0.2, 0.25) is 0 Å². The standard InChI is InChI=1S/C13H21NO2/c1-9-6-12(10(2)16-9)7-14-13-5-3-4-11(13)8-15/h6,11,13-15H,3-5,7-8H2,1-2H3. The summed E-state index contributed by atoms with van der Waals surface area (Å²) in [5.74, 6) is 2.41. The molecule has 1 saturated carbocycles. The predicted octanol–water partition coefficient (Wildman–Crippen LogP) is 2.15. The third-order valence-electron chi connectivity index (χ3n) is 3.59. The van der Waals surface area contributed by atoms with E-state index in [1.54, 1.807) is 0 Å². The summed E-state index contributed by atoms with van der Waals surface area (Å²) in [4.78, 5) is 0. The van der Waals surface area contributed by atoms with E-state index in [1.807, 2.05) is 13.8 Å². The summed E-state index contributed by atoms with van der Waals surface area (Å²) in [6.45, 7) is 5.14. The number of aliphatic hydroxyl groups excluding tert-OH is 1. The molecular weight excluding hydrogens is 202 g/mol. The molecule has 16 heavy (non-hydrogen) atoms. The van der Waals surface area contributed by atoms with Crippen LogP contribution < -0.4 is 5.32 Å². The van der Waals surface area contributed by atoms with E-state index >= 15 is 0 Å². The Morgan fingerprint density at radius 2 is 2.25 bits per heavy atom. The van der Waals surface area contributed by atoms with Gasteiger partial charge in [0.2, 0.25) is 0 Å². The monoisotopic (exact) mass is 223 g/mol. The highest BCUT2D eigenvalue weighted by Crippen LogP contribution is 2.25. The summed E-state index contributed by atoms with van der Waals surface area (Å²) in [7, 11) is 0. The SMILES string of the molecule is Cc1cc(CNC2CCCC2CO)c(C)o1. The lowest BCUT2D eigenvalue weighted by atomic mass is 10.0. The van der Waals surface area contributed by atoms with Gasteiger partial charge in [-0.05, 0) is 38.7 Å². The first-order chi connectivity index (χ1) is 7.70. The molecule has 0 bridgehead atoms. The summed E-state index contributed by atoms with van der Waals surface area (Å²) in [5, 5.41) is 12.8. The van der Waals surface area contributed by atoms with Gasteiger partial charge in [0, 0.05) is 24.8 Å². The van der Waals surface area contributed by atoms with E-state index < -0.39 is 0 Å². The van der Waals surface area contributed by atoms with Gasteiger partial charge in [0.05, 0.1) is 0 Å². The van der Waals surface area contributed by atoms with E-state index in [1.165, 1.54) is 18.4 Å². The maximum Gasteiger partial charge on any atom is 0.105 e. The summed E-state index contributed by atoms with van der Waals surface area (Å²) in [6, 6.07) is 2.56. The van der Waals surface area contributed by atoms with Crippen molar-refractivity contribution in [3.63, 3.8) is 0 Å². The molecule has 0 radical (unpaired) electrons. The Morgan fingerprint density at radius 1 is 1.44 bits per heavy atom. The maximum absolute atomic E-state index is 9.23. The number of nitrogens with one attached hydrogen (secondary N) is 1. The van der Waals surface area contributed by atoms with Crippen molar-refractivity contribution >= 4 is 0 Å². The Balaban J connectivity index is 1.89. The molecule has 1 heterocycles. The van der Waals surface area contributed by atoms with Crippen LogP contribution in [0.15, 0.2) is 10.5 Å². The lowest BCUT2D eigenvalue weighted by Gasteiger charge is -2.18. The van der Waals surface area contributed by atoms with Crippen molar-refractivity contribution in [2.75, 3.05) is 6.61 Å². The van der Waals surface area contributed by atoms with Crippen LogP contribution in [0.5, 0.6) is 0 Å². The molecule has 1 aliphatic rings. The van der Waals surface area contributed by atoms with Gasteiger partial charge in [-0.15, -0.1) is 0 Å². The molecule has 2 atom stereocenters. The number of hydrogen-bond acceptors (Lipinski definition) is 3. The average Bonchev–Trinajstić information content (AvgIpc) is 2.81. The van der Waals surface area contributed by atoms with Gasteiger partial charge < -0.3 is 14.8 Å². The number of aryl methyl sites for hydroxylation is 2. The molecule has 2 rings (SSSR count). The van der Waals surface area contributed by atoms with Crippen LogP contribution in [0.4, 0.5) is 0 Å². The smallest absolute Gasteiger partial charge is 0.105 e. The molecule has 2 N–H and O–H groups in total. The lowest BCUT2D eigenvalue weighted by Crippen LogP contribution is -2.33. The highest BCUT2D eigenvalue weighted by Gasteiger charge is 2.26. The molecule has 1 fully saturated rings. The number of furan rings is 1. The van der Waals surface area contributed by atoms with Crippen molar-refractivity contribution in [1.82, 2.24) is 5.32 Å². The molecule has 3 heteroatoms. The van der Waals surface area contributed by atoms with Crippen LogP contribution in [0, 0.1) is 19.8 Å². The van der Waals surface area contributed by atoms with Crippen molar-refractivity contribution in [1.29, 1.82) is 0 Å². The Labute approximate surface area is 96.8 Å². The molecule has 0 amide bonds. The first kappa shape index (κ1) is 11.7. The lowest BCUT2D eigenvalue weighted by molar-refractivity contribution is 0.205. The minimum atomic E-state index is 0.307. The second kappa shape index (κ2) is 5.02. The molecule has 3 nitrogen and oxygen atoms in total. The van der Waals surface area contributed by atoms with E-state index in [0.29, 0.717) is 18.6 Å². The van der Waals surface area contributed by atoms with Gasteiger partial charge in [0.15, 0.2) is 0 Å². The van der Waals surface area contributed by atoms with E-state index in [9.17, 15) is 5.11 Å². The molecule has 0 aromatic carbocycles. The van der Waals surface area contributed by atoms with Crippen molar-refractivity contribution < 1.29 is 9.52 Å². The van der Waals surface area contributed by atoms with Gasteiger partial charge in [-0.25, -0.2) is 0 Å². The first-order valence-corrected chi connectivity index (χ1v) is 6.11. The van der Waals surface area contributed by atoms with Crippen LogP contribution in [0.3, 0.4) is 0 Å². The summed E-state index contributed by atoms with van der Waals surface area (Å²) in [6.07, 6.45) is 3.56. The minimum absolute atomic E-state index is 0.307. The molecule has 1 aromatic rings. The van der Waals surface area contributed by atoms with Gasteiger partial charge in [-0.2, -0.15) is 0 Å². The fourth-order valence-electron chi connectivity index (χ4n) is 2.62. The summed E-state index contributed by atoms with van der Waals surface area (Å²) >= 11 is 0.